The minimum absolute atomic E-state index is 0.0797. The zero-order chi connectivity index (χ0) is 12.1. The van der Waals surface area contributed by atoms with Crippen molar-refractivity contribution in [2.45, 2.75) is 13.0 Å². The molecule has 0 aliphatic rings. The molecule has 1 aromatic rings. The number of hydrogen-bond donors (Lipinski definition) is 3. The van der Waals surface area contributed by atoms with E-state index in [0.717, 1.165) is 0 Å². The molecule has 5 heteroatoms. The maximum Gasteiger partial charge on any atom is 0.128 e. The molecule has 1 rings (SSSR count). The number of ether oxygens (including phenoxy) is 1. The number of aliphatic hydroxyl groups is 1. The van der Waals surface area contributed by atoms with Gasteiger partial charge in [0, 0.05) is 7.11 Å². The summed E-state index contributed by atoms with van der Waals surface area (Å²) in [6.07, 6.45) is 0. The van der Waals surface area contributed by atoms with Gasteiger partial charge in [0.05, 0.1) is 30.6 Å². The molecule has 1 atom stereocenters. The standard InChI is InChI=1S/C11H17FN2O2/c1-7-3-11(10(13)4-9(7)12)14-8(5-15)6-16-2/h3-4,8,14-15H,5-6,13H2,1-2H3. The van der Waals surface area contributed by atoms with Crippen LogP contribution in [-0.2, 0) is 4.74 Å². The predicted molar refractivity (Wildman–Crippen MR) is 61.9 cm³/mol. The van der Waals surface area contributed by atoms with Crippen molar-refractivity contribution in [2.24, 2.45) is 0 Å². The van der Waals surface area contributed by atoms with Crippen LogP contribution in [0.4, 0.5) is 15.8 Å². The smallest absolute Gasteiger partial charge is 0.128 e. The first-order valence-electron chi connectivity index (χ1n) is 5.00. The van der Waals surface area contributed by atoms with Crippen molar-refractivity contribution in [3.8, 4) is 0 Å². The Labute approximate surface area is 94.2 Å². The summed E-state index contributed by atoms with van der Waals surface area (Å²) in [6, 6.07) is 2.62. The number of benzene rings is 1. The number of aryl methyl sites for hydroxylation is 1. The van der Waals surface area contributed by atoms with E-state index >= 15 is 0 Å². The van der Waals surface area contributed by atoms with E-state index in [0.29, 0.717) is 23.5 Å². The molecule has 0 aliphatic heterocycles. The summed E-state index contributed by atoms with van der Waals surface area (Å²) in [4.78, 5) is 0. The fourth-order valence-corrected chi connectivity index (χ4v) is 1.38. The first-order chi connectivity index (χ1) is 7.58. The fourth-order valence-electron chi connectivity index (χ4n) is 1.38. The number of hydrogen-bond acceptors (Lipinski definition) is 4. The highest BCUT2D eigenvalue weighted by Gasteiger charge is 2.10. The second kappa shape index (κ2) is 5.67. The van der Waals surface area contributed by atoms with Gasteiger partial charge in [-0.2, -0.15) is 0 Å². The minimum atomic E-state index is -0.338. The van der Waals surface area contributed by atoms with Gasteiger partial charge in [0.25, 0.3) is 0 Å². The topological polar surface area (TPSA) is 67.5 Å². The minimum Gasteiger partial charge on any atom is -0.397 e. The molecule has 0 aromatic heterocycles. The molecule has 0 spiro atoms. The van der Waals surface area contributed by atoms with Crippen molar-refractivity contribution in [1.82, 2.24) is 0 Å². The first-order valence-corrected chi connectivity index (χ1v) is 5.00. The van der Waals surface area contributed by atoms with Gasteiger partial charge in [-0.3, -0.25) is 0 Å². The average molecular weight is 228 g/mol. The molecule has 0 radical (unpaired) electrons. The number of anilines is 2. The molecule has 0 fully saturated rings. The lowest BCUT2D eigenvalue weighted by molar-refractivity contribution is 0.153. The van der Waals surface area contributed by atoms with Gasteiger partial charge in [0.1, 0.15) is 5.82 Å². The second-order valence-corrected chi connectivity index (χ2v) is 3.67. The Balaban J connectivity index is 2.83. The van der Waals surface area contributed by atoms with Gasteiger partial charge in [-0.1, -0.05) is 0 Å². The van der Waals surface area contributed by atoms with Gasteiger partial charge in [-0.25, -0.2) is 4.39 Å². The third-order valence-corrected chi connectivity index (χ3v) is 2.28. The van der Waals surface area contributed by atoms with Crippen LogP contribution in [-0.4, -0.2) is 31.5 Å². The van der Waals surface area contributed by atoms with Crippen molar-refractivity contribution in [3.05, 3.63) is 23.5 Å². The lowest BCUT2D eigenvalue weighted by atomic mass is 10.1. The number of nitrogen functional groups attached to an aromatic ring is 1. The molecule has 4 nitrogen and oxygen atoms in total. The monoisotopic (exact) mass is 228 g/mol. The Hall–Kier alpha value is -1.33. The van der Waals surface area contributed by atoms with Crippen molar-refractivity contribution in [1.29, 1.82) is 0 Å². The highest BCUT2D eigenvalue weighted by Crippen LogP contribution is 2.23. The van der Waals surface area contributed by atoms with Gasteiger partial charge in [0.2, 0.25) is 0 Å². The zero-order valence-corrected chi connectivity index (χ0v) is 9.46. The van der Waals surface area contributed by atoms with E-state index in [1.54, 1.807) is 20.1 Å². The second-order valence-electron chi connectivity index (χ2n) is 3.67. The number of nitrogens with two attached hydrogens (primary N) is 1. The summed E-state index contributed by atoms with van der Waals surface area (Å²) in [6.45, 7) is 1.93. The van der Waals surface area contributed by atoms with Crippen LogP contribution in [0.15, 0.2) is 12.1 Å². The lowest BCUT2D eigenvalue weighted by Crippen LogP contribution is -2.29. The summed E-state index contributed by atoms with van der Waals surface area (Å²) in [7, 11) is 1.55. The maximum atomic E-state index is 13.1. The molecular formula is C11H17FN2O2. The summed E-state index contributed by atoms with van der Waals surface area (Å²) in [5.41, 5.74) is 7.09. The quantitative estimate of drug-likeness (QED) is 0.661. The molecule has 16 heavy (non-hydrogen) atoms. The molecule has 90 valence electrons. The normalized spacial score (nSPS) is 12.5. The van der Waals surface area contributed by atoms with Gasteiger partial charge < -0.3 is 20.9 Å². The summed E-state index contributed by atoms with van der Waals surface area (Å²) >= 11 is 0. The van der Waals surface area contributed by atoms with E-state index in [1.807, 2.05) is 0 Å². The van der Waals surface area contributed by atoms with Gasteiger partial charge >= 0.3 is 0 Å². The number of methoxy groups -OCH3 is 1. The summed E-state index contributed by atoms with van der Waals surface area (Å²) in [5.74, 6) is -0.338. The van der Waals surface area contributed by atoms with E-state index in [9.17, 15) is 4.39 Å². The van der Waals surface area contributed by atoms with Gasteiger partial charge in [0.15, 0.2) is 0 Å². The molecule has 0 bridgehead atoms. The SMILES string of the molecule is COCC(CO)Nc1cc(C)c(F)cc1N. The number of halogens is 1. The van der Waals surface area contributed by atoms with Crippen molar-refractivity contribution in [2.75, 3.05) is 31.4 Å². The number of nitrogens with one attached hydrogen (secondary N) is 1. The first kappa shape index (κ1) is 12.7. The average Bonchev–Trinajstić information content (AvgIpc) is 2.25. The maximum absolute atomic E-state index is 13.1. The van der Waals surface area contributed by atoms with Gasteiger partial charge in [-0.15, -0.1) is 0 Å². The van der Waals surface area contributed by atoms with E-state index in [1.165, 1.54) is 6.07 Å². The predicted octanol–water partition coefficient (Wildman–Crippen LogP) is 1.14. The molecule has 1 aromatic carbocycles. The van der Waals surface area contributed by atoms with Crippen LogP contribution in [0.5, 0.6) is 0 Å². The molecule has 1 unspecified atom stereocenters. The molecule has 0 saturated carbocycles. The highest BCUT2D eigenvalue weighted by atomic mass is 19.1. The van der Waals surface area contributed by atoms with Crippen LogP contribution in [0.2, 0.25) is 0 Å². The van der Waals surface area contributed by atoms with Crippen molar-refractivity contribution < 1.29 is 14.2 Å². The van der Waals surface area contributed by atoms with Crippen LogP contribution in [0, 0.1) is 12.7 Å². The van der Waals surface area contributed by atoms with Crippen LogP contribution >= 0.6 is 0 Å². The van der Waals surface area contributed by atoms with Crippen LogP contribution in [0.1, 0.15) is 5.56 Å². The number of aliphatic hydroxyl groups excluding tert-OH is 1. The third kappa shape index (κ3) is 3.08. The molecule has 4 N–H and O–H groups in total. The Kier molecular flexibility index (Phi) is 4.52. The lowest BCUT2D eigenvalue weighted by Gasteiger charge is -2.18. The number of rotatable bonds is 5. The Morgan fingerprint density at radius 1 is 1.56 bits per heavy atom. The molecule has 0 amide bonds. The molecule has 0 aliphatic carbocycles. The molecular weight excluding hydrogens is 211 g/mol. The third-order valence-electron chi connectivity index (χ3n) is 2.28. The largest absolute Gasteiger partial charge is 0.397 e. The molecule has 0 heterocycles. The Bertz CT molecular complexity index is 358. The van der Waals surface area contributed by atoms with E-state index < -0.39 is 0 Å². The van der Waals surface area contributed by atoms with E-state index in [4.69, 9.17) is 15.6 Å². The fraction of sp³-hybridized carbons (Fsp3) is 0.455. The van der Waals surface area contributed by atoms with Crippen molar-refractivity contribution in [3.63, 3.8) is 0 Å². The molecule has 0 saturated heterocycles. The summed E-state index contributed by atoms with van der Waals surface area (Å²) < 4.78 is 18.1. The van der Waals surface area contributed by atoms with Crippen molar-refractivity contribution >= 4 is 11.4 Å². The van der Waals surface area contributed by atoms with Gasteiger partial charge in [-0.05, 0) is 24.6 Å². The highest BCUT2D eigenvalue weighted by molar-refractivity contribution is 5.67. The van der Waals surface area contributed by atoms with E-state index in [-0.39, 0.29) is 18.5 Å². The van der Waals surface area contributed by atoms with Crippen LogP contribution in [0.3, 0.4) is 0 Å². The Morgan fingerprint density at radius 2 is 2.25 bits per heavy atom. The van der Waals surface area contributed by atoms with Crippen LogP contribution < -0.4 is 11.1 Å². The van der Waals surface area contributed by atoms with E-state index in [2.05, 4.69) is 5.32 Å². The summed E-state index contributed by atoms with van der Waals surface area (Å²) in [5, 5.41) is 12.1. The zero-order valence-electron chi connectivity index (χ0n) is 9.46. The Morgan fingerprint density at radius 3 is 2.81 bits per heavy atom. The van der Waals surface area contributed by atoms with Crippen LogP contribution in [0.25, 0.3) is 0 Å².